The van der Waals surface area contributed by atoms with Crippen LogP contribution >= 0.6 is 0 Å². The molecular weight excluding hydrogens is 659 g/mol. The minimum atomic E-state index is 0.500. The third-order valence-corrected chi connectivity index (χ3v) is 10.2. The minimum Gasteiger partial charge on any atom is -0.416 e. The van der Waals surface area contributed by atoms with Gasteiger partial charge in [-0.15, -0.1) is 10.2 Å². The third-order valence-electron chi connectivity index (χ3n) is 10.2. The van der Waals surface area contributed by atoms with Crippen molar-refractivity contribution in [1.29, 1.82) is 0 Å². The first-order valence-electron chi connectivity index (χ1n) is 18.2. The Kier molecular flexibility index (Phi) is 7.77. The van der Waals surface area contributed by atoms with Gasteiger partial charge in [0.1, 0.15) is 0 Å². The van der Waals surface area contributed by atoms with Crippen molar-refractivity contribution < 1.29 is 4.42 Å². The van der Waals surface area contributed by atoms with Crippen molar-refractivity contribution in [2.75, 3.05) is 0 Å². The van der Waals surface area contributed by atoms with E-state index in [0.717, 1.165) is 33.5 Å². The van der Waals surface area contributed by atoms with Crippen LogP contribution in [0.3, 0.4) is 0 Å². The van der Waals surface area contributed by atoms with Gasteiger partial charge < -0.3 is 8.98 Å². The number of hydrogen-bond donors (Lipinski definition) is 0. The molecule has 0 aliphatic carbocycles. The summed E-state index contributed by atoms with van der Waals surface area (Å²) in [6.07, 6.45) is 0. The fourth-order valence-electron chi connectivity index (χ4n) is 7.62. The molecule has 0 aliphatic rings. The van der Waals surface area contributed by atoms with Crippen molar-refractivity contribution in [1.82, 2.24) is 14.8 Å². The number of para-hydroxylation sites is 1. The molecule has 10 rings (SSSR count). The number of rotatable bonds is 7. The summed E-state index contributed by atoms with van der Waals surface area (Å²) in [5, 5.41) is 11.1. The summed E-state index contributed by atoms with van der Waals surface area (Å²) in [4.78, 5) is 0. The van der Waals surface area contributed by atoms with Gasteiger partial charge in [-0.3, -0.25) is 0 Å². The molecule has 54 heavy (non-hydrogen) atoms. The molecule has 0 radical (unpaired) electrons. The predicted molar refractivity (Wildman–Crippen MR) is 221 cm³/mol. The Hall–Kier alpha value is -7.30. The fraction of sp³-hybridized carbons (Fsp3) is 0. The van der Waals surface area contributed by atoms with Crippen LogP contribution in [0.1, 0.15) is 0 Å². The summed E-state index contributed by atoms with van der Waals surface area (Å²) < 4.78 is 8.41. The van der Waals surface area contributed by atoms with E-state index in [-0.39, 0.29) is 0 Å². The Labute approximate surface area is 313 Å². The number of aromatic nitrogens is 3. The highest BCUT2D eigenvalue weighted by Gasteiger charge is 2.16. The van der Waals surface area contributed by atoms with Gasteiger partial charge >= 0.3 is 0 Å². The van der Waals surface area contributed by atoms with E-state index >= 15 is 0 Å². The lowest BCUT2D eigenvalue weighted by atomic mass is 9.89. The van der Waals surface area contributed by atoms with Crippen molar-refractivity contribution in [3.63, 3.8) is 0 Å². The summed E-state index contributed by atoms with van der Waals surface area (Å²) >= 11 is 0. The molecule has 0 spiro atoms. The maximum Gasteiger partial charge on any atom is 0.248 e. The second-order valence-corrected chi connectivity index (χ2v) is 13.4. The molecule has 10 aromatic rings. The van der Waals surface area contributed by atoms with Crippen LogP contribution in [0.4, 0.5) is 0 Å². The monoisotopic (exact) mass is 691 g/mol. The molecule has 0 unspecified atom stereocenters. The van der Waals surface area contributed by atoms with Crippen LogP contribution in [-0.4, -0.2) is 14.8 Å². The van der Waals surface area contributed by atoms with Gasteiger partial charge in [-0.2, -0.15) is 0 Å². The van der Waals surface area contributed by atoms with Gasteiger partial charge in [0.2, 0.25) is 11.8 Å². The molecule has 4 nitrogen and oxygen atoms in total. The van der Waals surface area contributed by atoms with E-state index in [9.17, 15) is 0 Å². The average molecular weight is 692 g/mol. The maximum atomic E-state index is 6.03. The van der Waals surface area contributed by atoms with E-state index in [4.69, 9.17) is 4.42 Å². The minimum absolute atomic E-state index is 0.500. The molecule has 0 bridgehead atoms. The molecule has 0 aliphatic heterocycles. The van der Waals surface area contributed by atoms with Crippen molar-refractivity contribution >= 4 is 21.8 Å². The Balaban J connectivity index is 0.991. The molecule has 2 aromatic heterocycles. The van der Waals surface area contributed by atoms with Gasteiger partial charge in [0.05, 0.1) is 11.0 Å². The molecule has 0 fully saturated rings. The molecule has 2 heterocycles. The SMILES string of the molecule is c1ccc(-c2ccc3c(c2)c2ccccc2n3-c2ccc(-c3ccccc3-c3ccccc3-c3ccc(-c4nnc(-c5ccccc5)o4)cc3)cc2)cc1. The van der Waals surface area contributed by atoms with Crippen molar-refractivity contribution in [3.05, 3.63) is 200 Å². The molecule has 0 saturated carbocycles. The zero-order chi connectivity index (χ0) is 35.8. The highest BCUT2D eigenvalue weighted by atomic mass is 16.4. The van der Waals surface area contributed by atoms with Crippen molar-refractivity contribution in [3.8, 4) is 73.1 Å². The summed E-state index contributed by atoms with van der Waals surface area (Å²) in [6.45, 7) is 0. The summed E-state index contributed by atoms with van der Waals surface area (Å²) in [5.74, 6) is 1.01. The van der Waals surface area contributed by atoms with Crippen LogP contribution in [-0.2, 0) is 0 Å². The summed E-state index contributed by atoms with van der Waals surface area (Å²) in [5.41, 5.74) is 14.7. The average Bonchev–Trinajstić information content (AvgIpc) is 3.88. The molecule has 4 heteroatoms. The van der Waals surface area contributed by atoms with Gasteiger partial charge in [0.25, 0.3) is 0 Å². The lowest BCUT2D eigenvalue weighted by Gasteiger charge is -2.15. The van der Waals surface area contributed by atoms with Gasteiger partial charge in [-0.1, -0.05) is 146 Å². The second-order valence-electron chi connectivity index (χ2n) is 13.4. The molecule has 0 N–H and O–H groups in total. The normalized spacial score (nSPS) is 11.3. The topological polar surface area (TPSA) is 43.9 Å². The van der Waals surface area contributed by atoms with Crippen LogP contribution in [0.5, 0.6) is 0 Å². The Morgan fingerprint density at radius 2 is 0.759 bits per heavy atom. The number of hydrogen-bond acceptors (Lipinski definition) is 3. The highest BCUT2D eigenvalue weighted by Crippen LogP contribution is 2.40. The lowest BCUT2D eigenvalue weighted by molar-refractivity contribution is 0.584. The highest BCUT2D eigenvalue weighted by molar-refractivity contribution is 6.10. The van der Waals surface area contributed by atoms with E-state index in [1.807, 2.05) is 30.3 Å². The quantitative estimate of drug-likeness (QED) is 0.167. The molecular formula is C50H33N3O. The van der Waals surface area contributed by atoms with Crippen LogP contribution in [0, 0.1) is 0 Å². The van der Waals surface area contributed by atoms with E-state index in [1.54, 1.807) is 0 Å². The summed E-state index contributed by atoms with van der Waals surface area (Å²) in [7, 11) is 0. The molecule has 0 amide bonds. The zero-order valence-electron chi connectivity index (χ0n) is 29.3. The van der Waals surface area contributed by atoms with Crippen molar-refractivity contribution in [2.45, 2.75) is 0 Å². The lowest BCUT2D eigenvalue weighted by Crippen LogP contribution is -1.94. The van der Waals surface area contributed by atoms with Crippen LogP contribution in [0.2, 0.25) is 0 Å². The molecule has 8 aromatic carbocycles. The van der Waals surface area contributed by atoms with Crippen LogP contribution < -0.4 is 0 Å². The first-order valence-corrected chi connectivity index (χ1v) is 18.2. The summed E-state index contributed by atoms with van der Waals surface area (Å²) in [6, 6.07) is 70.6. The van der Waals surface area contributed by atoms with Gasteiger partial charge in [-0.05, 0) is 99.1 Å². The van der Waals surface area contributed by atoms with E-state index in [1.165, 1.54) is 49.6 Å². The standard InChI is InChI=1S/C50H33N3O/c1-3-13-34(14-4-1)39-29-32-48-46(33-39)45-21-11-12-22-47(45)53(48)40-30-27-36(28-31-40)42-18-8-10-20-44(42)43-19-9-7-17-41(43)35-23-25-38(26-24-35)50-52-51-49(54-50)37-15-5-2-6-16-37/h1-33H. The molecule has 0 saturated heterocycles. The van der Waals surface area contributed by atoms with Crippen LogP contribution in [0.15, 0.2) is 205 Å². The third kappa shape index (κ3) is 5.58. The Morgan fingerprint density at radius 3 is 1.39 bits per heavy atom. The van der Waals surface area contributed by atoms with E-state index in [0.29, 0.717) is 11.8 Å². The smallest absolute Gasteiger partial charge is 0.248 e. The van der Waals surface area contributed by atoms with E-state index in [2.05, 4.69) is 185 Å². The zero-order valence-corrected chi connectivity index (χ0v) is 29.3. The van der Waals surface area contributed by atoms with Gasteiger partial charge in [-0.25, -0.2) is 0 Å². The number of fused-ring (bicyclic) bond motifs is 3. The molecule has 254 valence electrons. The maximum absolute atomic E-state index is 6.03. The van der Waals surface area contributed by atoms with Gasteiger partial charge in [0.15, 0.2) is 0 Å². The van der Waals surface area contributed by atoms with Crippen molar-refractivity contribution in [2.24, 2.45) is 0 Å². The first kappa shape index (κ1) is 31.4. The first-order chi connectivity index (χ1) is 26.8. The predicted octanol–water partition coefficient (Wildman–Crippen LogP) is 13.2. The van der Waals surface area contributed by atoms with Gasteiger partial charge in [0, 0.05) is 27.6 Å². The number of nitrogens with zero attached hydrogens (tertiary/aromatic N) is 3. The van der Waals surface area contributed by atoms with E-state index < -0.39 is 0 Å². The number of benzene rings is 8. The Morgan fingerprint density at radius 1 is 0.315 bits per heavy atom. The van der Waals surface area contributed by atoms with Crippen LogP contribution in [0.25, 0.3) is 94.9 Å². The Bertz CT molecular complexity index is 2910. The fourth-order valence-corrected chi connectivity index (χ4v) is 7.62. The molecule has 0 atom stereocenters. The second kappa shape index (κ2) is 13.4. The largest absolute Gasteiger partial charge is 0.416 e.